The summed E-state index contributed by atoms with van der Waals surface area (Å²) in [5.41, 5.74) is 15.8. The number of fused-ring (bicyclic) bond motifs is 1. The molecule has 20 heavy (non-hydrogen) atoms. The Morgan fingerprint density at radius 2 is 1.65 bits per heavy atom. The molecule has 4 nitrogen and oxygen atoms in total. The van der Waals surface area contributed by atoms with Gasteiger partial charge >= 0.3 is 0 Å². The molecule has 0 saturated heterocycles. The number of nitrogens with two attached hydrogens (primary N) is 2. The molecule has 0 aromatic heterocycles. The zero-order valence-corrected chi connectivity index (χ0v) is 10.8. The maximum Gasteiger partial charge on any atom is 0.133 e. The van der Waals surface area contributed by atoms with Crippen LogP contribution in [0.2, 0.25) is 0 Å². The minimum absolute atomic E-state index is 0.476. The molecule has 4 N–H and O–H groups in total. The average molecular weight is 262 g/mol. The van der Waals surface area contributed by atoms with Crippen LogP contribution in [0.25, 0.3) is 11.3 Å². The molecule has 0 saturated carbocycles. The van der Waals surface area contributed by atoms with E-state index in [2.05, 4.69) is 9.98 Å². The van der Waals surface area contributed by atoms with E-state index in [-0.39, 0.29) is 0 Å². The van der Waals surface area contributed by atoms with E-state index >= 15 is 0 Å². The number of para-hydroxylation sites is 2. The van der Waals surface area contributed by atoms with Crippen LogP contribution in [0.1, 0.15) is 5.56 Å². The van der Waals surface area contributed by atoms with Crippen LogP contribution in [0.15, 0.2) is 59.6 Å². The van der Waals surface area contributed by atoms with Crippen molar-refractivity contribution in [2.24, 2.45) is 4.99 Å². The molecule has 0 fully saturated rings. The molecule has 2 aliphatic rings. The van der Waals surface area contributed by atoms with Crippen molar-refractivity contribution in [1.29, 1.82) is 0 Å². The van der Waals surface area contributed by atoms with Gasteiger partial charge in [-0.1, -0.05) is 36.4 Å². The summed E-state index contributed by atoms with van der Waals surface area (Å²) in [6, 6.07) is 17.2. The van der Waals surface area contributed by atoms with Crippen LogP contribution in [0.4, 0.5) is 17.2 Å². The molecule has 4 heteroatoms. The van der Waals surface area contributed by atoms with E-state index in [0.29, 0.717) is 11.5 Å². The van der Waals surface area contributed by atoms with Gasteiger partial charge in [0.25, 0.3) is 0 Å². The Morgan fingerprint density at radius 1 is 0.900 bits per heavy atom. The summed E-state index contributed by atoms with van der Waals surface area (Å²) in [6.07, 6.45) is 1.72. The molecule has 3 rings (SSSR count). The number of benzene rings is 1. The van der Waals surface area contributed by atoms with E-state index < -0.39 is 0 Å². The Morgan fingerprint density at radius 3 is 2.50 bits per heavy atom. The first kappa shape index (κ1) is 12.2. The maximum absolute atomic E-state index is 5.96. The van der Waals surface area contributed by atoms with Gasteiger partial charge in [0.2, 0.25) is 0 Å². The number of rotatable bonds is 2. The topological polar surface area (TPSA) is 77.3 Å². The zero-order chi connectivity index (χ0) is 13.9. The monoisotopic (exact) mass is 262 g/mol. The minimum atomic E-state index is 0.476. The van der Waals surface area contributed by atoms with Crippen molar-refractivity contribution >= 4 is 23.4 Å². The maximum atomic E-state index is 5.96. The SMILES string of the molecule is Nc1ccccc1N=Cc1c2cccccc-2nc1N. The number of hydrogen-bond acceptors (Lipinski definition) is 4. The number of nitrogen functional groups attached to an aromatic ring is 2. The lowest BCUT2D eigenvalue weighted by molar-refractivity contribution is 1.42. The van der Waals surface area contributed by atoms with E-state index in [4.69, 9.17) is 11.5 Å². The highest BCUT2D eigenvalue weighted by molar-refractivity contribution is 5.98. The summed E-state index contributed by atoms with van der Waals surface area (Å²) in [6.45, 7) is 0. The third-order valence-corrected chi connectivity index (χ3v) is 3.09. The molecule has 0 radical (unpaired) electrons. The largest absolute Gasteiger partial charge is 0.397 e. The highest BCUT2D eigenvalue weighted by atomic mass is 14.9. The van der Waals surface area contributed by atoms with E-state index in [1.807, 2.05) is 54.6 Å². The van der Waals surface area contributed by atoms with Gasteiger partial charge in [0, 0.05) is 17.3 Å². The number of aliphatic imine (C=N–C) groups is 1. The average Bonchev–Trinajstić information content (AvgIpc) is 2.62. The second kappa shape index (κ2) is 5.01. The van der Waals surface area contributed by atoms with Crippen LogP contribution in [0.3, 0.4) is 0 Å². The Kier molecular flexibility index (Phi) is 3.05. The van der Waals surface area contributed by atoms with Crippen LogP contribution < -0.4 is 11.5 Å². The fourth-order valence-electron chi connectivity index (χ4n) is 2.07. The first-order chi connectivity index (χ1) is 9.75. The lowest BCUT2D eigenvalue weighted by Crippen LogP contribution is -1.90. The highest BCUT2D eigenvalue weighted by Crippen LogP contribution is 2.29. The molecular weight excluding hydrogens is 248 g/mol. The van der Waals surface area contributed by atoms with Crippen molar-refractivity contribution in [2.75, 3.05) is 11.5 Å². The predicted molar refractivity (Wildman–Crippen MR) is 83.4 cm³/mol. The van der Waals surface area contributed by atoms with Gasteiger partial charge in [-0.15, -0.1) is 0 Å². The Bertz CT molecular complexity index is 749. The van der Waals surface area contributed by atoms with Crippen molar-refractivity contribution in [3.8, 4) is 11.3 Å². The first-order valence-electron chi connectivity index (χ1n) is 6.28. The van der Waals surface area contributed by atoms with Gasteiger partial charge in [0.05, 0.1) is 17.1 Å². The standard InChI is InChI=1S/C16H14N4/c17-13-7-4-5-9-15(13)19-10-12-11-6-2-1-3-8-14(11)20-16(12)18/h1-10H,17H2,(H2,18,20). The van der Waals surface area contributed by atoms with Gasteiger partial charge in [0.15, 0.2) is 0 Å². The van der Waals surface area contributed by atoms with Crippen LogP contribution in [-0.2, 0) is 0 Å². The summed E-state index contributed by atoms with van der Waals surface area (Å²) < 4.78 is 0. The molecule has 0 bridgehead atoms. The summed E-state index contributed by atoms with van der Waals surface area (Å²) in [4.78, 5) is 8.75. The van der Waals surface area contributed by atoms with Crippen molar-refractivity contribution in [3.05, 3.63) is 60.2 Å². The lowest BCUT2D eigenvalue weighted by Gasteiger charge is -1.98. The summed E-state index contributed by atoms with van der Waals surface area (Å²) in [5, 5.41) is 0. The minimum Gasteiger partial charge on any atom is -0.397 e. The summed E-state index contributed by atoms with van der Waals surface area (Å²) >= 11 is 0. The van der Waals surface area contributed by atoms with E-state index in [0.717, 1.165) is 22.5 Å². The van der Waals surface area contributed by atoms with Gasteiger partial charge in [-0.05, 0) is 18.2 Å². The second-order valence-corrected chi connectivity index (χ2v) is 4.44. The number of hydrogen-bond donors (Lipinski definition) is 2. The first-order valence-corrected chi connectivity index (χ1v) is 6.28. The Labute approximate surface area is 117 Å². The number of aromatic nitrogens is 1. The van der Waals surface area contributed by atoms with E-state index in [9.17, 15) is 0 Å². The third-order valence-electron chi connectivity index (χ3n) is 3.09. The summed E-state index contributed by atoms with van der Waals surface area (Å²) in [7, 11) is 0. The van der Waals surface area contributed by atoms with Crippen LogP contribution in [-0.4, -0.2) is 11.2 Å². The molecule has 0 spiro atoms. The molecule has 98 valence electrons. The number of anilines is 2. The summed E-state index contributed by atoms with van der Waals surface area (Å²) in [5.74, 6) is 0.476. The van der Waals surface area contributed by atoms with Gasteiger partial charge in [0.1, 0.15) is 5.82 Å². The molecule has 1 aliphatic carbocycles. The van der Waals surface area contributed by atoms with Gasteiger partial charge in [-0.25, -0.2) is 4.98 Å². The van der Waals surface area contributed by atoms with Crippen LogP contribution >= 0.6 is 0 Å². The molecule has 0 atom stereocenters. The molecule has 0 amide bonds. The van der Waals surface area contributed by atoms with Crippen LogP contribution in [0.5, 0.6) is 0 Å². The van der Waals surface area contributed by atoms with Crippen LogP contribution in [0, 0.1) is 0 Å². The van der Waals surface area contributed by atoms with Gasteiger partial charge < -0.3 is 11.5 Å². The van der Waals surface area contributed by atoms with E-state index in [1.54, 1.807) is 6.21 Å². The Balaban J connectivity index is 2.05. The van der Waals surface area contributed by atoms with Gasteiger partial charge in [-0.2, -0.15) is 0 Å². The fraction of sp³-hybridized carbons (Fsp3) is 0. The molecule has 1 aliphatic heterocycles. The second-order valence-electron chi connectivity index (χ2n) is 4.44. The molecule has 1 aromatic rings. The Hall–Kier alpha value is -2.88. The zero-order valence-electron chi connectivity index (χ0n) is 10.8. The molecule has 1 aromatic carbocycles. The quantitative estimate of drug-likeness (QED) is 0.550. The molecule has 0 unspecified atom stereocenters. The fourth-order valence-corrected chi connectivity index (χ4v) is 2.07. The van der Waals surface area contributed by atoms with Crippen molar-refractivity contribution in [3.63, 3.8) is 0 Å². The predicted octanol–water partition coefficient (Wildman–Crippen LogP) is 3.10. The normalized spacial score (nSPS) is 11.2. The van der Waals surface area contributed by atoms with Crippen molar-refractivity contribution in [1.82, 2.24) is 4.98 Å². The van der Waals surface area contributed by atoms with E-state index in [1.165, 1.54) is 0 Å². The molecular formula is C16H14N4. The lowest BCUT2D eigenvalue weighted by atomic mass is 10.1. The molecule has 1 heterocycles. The van der Waals surface area contributed by atoms with Crippen molar-refractivity contribution < 1.29 is 0 Å². The van der Waals surface area contributed by atoms with Crippen molar-refractivity contribution in [2.45, 2.75) is 0 Å². The van der Waals surface area contributed by atoms with Gasteiger partial charge in [-0.3, -0.25) is 4.99 Å². The highest BCUT2D eigenvalue weighted by Gasteiger charge is 2.12. The third kappa shape index (κ3) is 2.19. The smallest absolute Gasteiger partial charge is 0.133 e. The number of nitrogens with zero attached hydrogens (tertiary/aromatic N) is 2.